The number of carbonyl (C=O) groups excluding carboxylic acids is 1. The van der Waals surface area contributed by atoms with Gasteiger partial charge in [-0.3, -0.25) is 4.79 Å². The van der Waals surface area contributed by atoms with Crippen molar-refractivity contribution in [2.75, 3.05) is 17.2 Å². The highest BCUT2D eigenvalue weighted by Gasteiger charge is 2.12. The van der Waals surface area contributed by atoms with E-state index in [-0.39, 0.29) is 22.7 Å². The number of carboxylic acids is 1. The van der Waals surface area contributed by atoms with Crippen molar-refractivity contribution in [1.82, 2.24) is 0 Å². The van der Waals surface area contributed by atoms with Crippen molar-refractivity contribution >= 4 is 33.3 Å². The first-order valence-electron chi connectivity index (χ1n) is 6.76. The molecule has 0 saturated heterocycles. The molecule has 2 aromatic rings. The Hall–Kier alpha value is -2.91. The molecule has 0 bridgehead atoms. The minimum Gasteiger partial charge on any atom is -0.478 e. The predicted molar refractivity (Wildman–Crippen MR) is 88.3 cm³/mol. The number of aromatic carboxylic acids is 1. The van der Waals surface area contributed by atoms with Gasteiger partial charge in [0.25, 0.3) is 0 Å². The molecular weight excluding hydrogens is 334 g/mol. The third-order valence-corrected chi connectivity index (χ3v) is 4.00. The van der Waals surface area contributed by atoms with Crippen LogP contribution in [0.2, 0.25) is 0 Å². The van der Waals surface area contributed by atoms with Gasteiger partial charge in [-0.15, -0.1) is 0 Å². The Labute approximate surface area is 138 Å². The maximum absolute atomic E-state index is 11.9. The van der Waals surface area contributed by atoms with Crippen LogP contribution in [-0.4, -0.2) is 31.9 Å². The number of anilines is 2. The number of primary sulfonamides is 1. The third-order valence-electron chi connectivity index (χ3n) is 3.07. The van der Waals surface area contributed by atoms with Crippen molar-refractivity contribution in [1.29, 1.82) is 0 Å². The molecule has 0 saturated carbocycles. The van der Waals surface area contributed by atoms with Crippen LogP contribution in [0.15, 0.2) is 53.4 Å². The second-order valence-corrected chi connectivity index (χ2v) is 6.38. The van der Waals surface area contributed by atoms with Crippen molar-refractivity contribution in [2.24, 2.45) is 5.14 Å². The highest BCUT2D eigenvalue weighted by atomic mass is 32.2. The average molecular weight is 349 g/mol. The molecule has 0 aliphatic heterocycles. The molecular formula is C15H15N3O5S. The first-order chi connectivity index (χ1) is 11.3. The smallest absolute Gasteiger partial charge is 0.337 e. The number of nitrogens with two attached hydrogens (primary N) is 1. The fourth-order valence-electron chi connectivity index (χ4n) is 1.92. The maximum atomic E-state index is 11.9. The average Bonchev–Trinajstić information content (AvgIpc) is 2.53. The van der Waals surface area contributed by atoms with Gasteiger partial charge in [-0.05, 0) is 36.4 Å². The molecule has 126 valence electrons. The highest BCUT2D eigenvalue weighted by molar-refractivity contribution is 7.89. The lowest BCUT2D eigenvalue weighted by Gasteiger charge is -2.10. The van der Waals surface area contributed by atoms with E-state index in [1.165, 1.54) is 36.4 Å². The molecule has 0 heterocycles. The normalized spacial score (nSPS) is 10.9. The van der Waals surface area contributed by atoms with Gasteiger partial charge < -0.3 is 15.7 Å². The molecule has 5 N–H and O–H groups in total. The Morgan fingerprint density at radius 2 is 1.67 bits per heavy atom. The van der Waals surface area contributed by atoms with Crippen LogP contribution in [0.25, 0.3) is 0 Å². The van der Waals surface area contributed by atoms with Crippen LogP contribution in [0, 0.1) is 0 Å². The van der Waals surface area contributed by atoms with Gasteiger partial charge in [0.05, 0.1) is 22.7 Å². The second kappa shape index (κ2) is 7.11. The fraction of sp³-hybridized carbons (Fsp3) is 0.0667. The summed E-state index contributed by atoms with van der Waals surface area (Å²) in [6, 6.07) is 11.6. The van der Waals surface area contributed by atoms with Crippen LogP contribution in [0.5, 0.6) is 0 Å². The van der Waals surface area contributed by atoms with Crippen LogP contribution in [0.1, 0.15) is 10.4 Å². The van der Waals surface area contributed by atoms with Gasteiger partial charge >= 0.3 is 5.97 Å². The topological polar surface area (TPSA) is 139 Å². The van der Waals surface area contributed by atoms with E-state index >= 15 is 0 Å². The Morgan fingerprint density at radius 3 is 2.25 bits per heavy atom. The highest BCUT2D eigenvalue weighted by Crippen LogP contribution is 2.15. The molecule has 0 aromatic heterocycles. The largest absolute Gasteiger partial charge is 0.478 e. The van der Waals surface area contributed by atoms with E-state index in [1.54, 1.807) is 12.1 Å². The minimum absolute atomic E-state index is 0.0108. The van der Waals surface area contributed by atoms with Gasteiger partial charge in [0.15, 0.2) is 0 Å². The van der Waals surface area contributed by atoms with Crippen molar-refractivity contribution in [3.8, 4) is 0 Å². The summed E-state index contributed by atoms with van der Waals surface area (Å²) >= 11 is 0. The molecule has 0 aliphatic rings. The minimum atomic E-state index is -3.77. The molecule has 0 unspecified atom stereocenters. The Balaban J connectivity index is 1.98. The molecule has 0 atom stereocenters. The molecule has 2 rings (SSSR count). The summed E-state index contributed by atoms with van der Waals surface area (Å²) in [5.41, 5.74) is 0.703. The van der Waals surface area contributed by atoms with Gasteiger partial charge in [-0.2, -0.15) is 0 Å². The monoisotopic (exact) mass is 349 g/mol. The van der Waals surface area contributed by atoms with E-state index in [4.69, 9.17) is 10.2 Å². The number of carboxylic acid groups (broad SMARTS) is 1. The second-order valence-electron chi connectivity index (χ2n) is 4.82. The van der Waals surface area contributed by atoms with Crippen molar-refractivity contribution < 1.29 is 23.1 Å². The summed E-state index contributed by atoms with van der Waals surface area (Å²) in [6.07, 6.45) is 0. The SMILES string of the molecule is NS(=O)(=O)c1ccc(NCC(=O)Nc2ccccc2C(=O)O)cc1. The molecule has 0 spiro atoms. The third kappa shape index (κ3) is 4.54. The van der Waals surface area contributed by atoms with Gasteiger partial charge in [-0.25, -0.2) is 18.4 Å². The summed E-state index contributed by atoms with van der Waals surface area (Å²) in [5.74, 6) is -1.59. The Morgan fingerprint density at radius 1 is 1.04 bits per heavy atom. The van der Waals surface area contributed by atoms with Crippen molar-refractivity contribution in [3.05, 3.63) is 54.1 Å². The zero-order chi connectivity index (χ0) is 17.7. The number of para-hydroxylation sites is 1. The maximum Gasteiger partial charge on any atom is 0.337 e. The van der Waals surface area contributed by atoms with Crippen LogP contribution < -0.4 is 15.8 Å². The molecule has 0 aliphatic carbocycles. The number of hydrogen-bond donors (Lipinski definition) is 4. The molecule has 0 radical (unpaired) electrons. The molecule has 1 amide bonds. The number of amides is 1. The standard InChI is InChI=1S/C15H15N3O5S/c16-24(22,23)11-7-5-10(6-8-11)17-9-14(19)18-13-4-2-1-3-12(13)15(20)21/h1-8,17H,9H2,(H,18,19)(H,20,21)(H2,16,22,23). The number of rotatable bonds is 6. The van der Waals surface area contributed by atoms with E-state index in [2.05, 4.69) is 10.6 Å². The fourth-order valence-corrected chi connectivity index (χ4v) is 2.43. The summed E-state index contributed by atoms with van der Waals surface area (Å²) in [4.78, 5) is 22.9. The van der Waals surface area contributed by atoms with Gasteiger partial charge in [0, 0.05) is 5.69 Å². The Kier molecular flexibility index (Phi) is 5.17. The quantitative estimate of drug-likeness (QED) is 0.615. The van der Waals surface area contributed by atoms with E-state index < -0.39 is 21.9 Å². The number of benzene rings is 2. The van der Waals surface area contributed by atoms with Crippen molar-refractivity contribution in [3.63, 3.8) is 0 Å². The summed E-state index contributed by atoms with van der Waals surface area (Å²) in [5, 5.41) is 19.3. The summed E-state index contributed by atoms with van der Waals surface area (Å²) in [6.45, 7) is -0.122. The van der Waals surface area contributed by atoms with Crippen LogP contribution in [0.3, 0.4) is 0 Å². The van der Waals surface area contributed by atoms with Gasteiger partial charge in [-0.1, -0.05) is 12.1 Å². The van der Waals surface area contributed by atoms with E-state index in [0.717, 1.165) is 0 Å². The predicted octanol–water partition coefficient (Wildman–Crippen LogP) is 1.08. The molecule has 2 aromatic carbocycles. The lowest BCUT2D eigenvalue weighted by atomic mass is 10.2. The first-order valence-corrected chi connectivity index (χ1v) is 8.31. The van der Waals surface area contributed by atoms with Gasteiger partial charge in [0.2, 0.25) is 15.9 Å². The molecule has 8 nitrogen and oxygen atoms in total. The zero-order valence-corrected chi connectivity index (χ0v) is 13.2. The molecule has 24 heavy (non-hydrogen) atoms. The Bertz CT molecular complexity index is 863. The number of hydrogen-bond acceptors (Lipinski definition) is 5. The van der Waals surface area contributed by atoms with E-state index in [1.807, 2.05) is 0 Å². The lowest BCUT2D eigenvalue weighted by Crippen LogP contribution is -2.23. The number of carbonyl (C=O) groups is 2. The van der Waals surface area contributed by atoms with Crippen LogP contribution in [-0.2, 0) is 14.8 Å². The van der Waals surface area contributed by atoms with Crippen LogP contribution in [0.4, 0.5) is 11.4 Å². The van der Waals surface area contributed by atoms with E-state index in [9.17, 15) is 18.0 Å². The number of nitrogens with one attached hydrogen (secondary N) is 2. The lowest BCUT2D eigenvalue weighted by molar-refractivity contribution is -0.114. The number of sulfonamides is 1. The summed E-state index contributed by atoms with van der Waals surface area (Å²) in [7, 11) is -3.77. The van der Waals surface area contributed by atoms with Gasteiger partial charge in [0.1, 0.15) is 0 Å². The van der Waals surface area contributed by atoms with E-state index in [0.29, 0.717) is 5.69 Å². The van der Waals surface area contributed by atoms with Crippen molar-refractivity contribution in [2.45, 2.75) is 4.90 Å². The van der Waals surface area contributed by atoms with Crippen LogP contribution >= 0.6 is 0 Å². The molecule has 9 heteroatoms. The zero-order valence-electron chi connectivity index (χ0n) is 12.4. The first kappa shape index (κ1) is 17.4. The molecule has 0 fully saturated rings. The summed E-state index contributed by atoms with van der Waals surface area (Å²) < 4.78 is 22.3.